The second kappa shape index (κ2) is 8.89. The van der Waals surface area contributed by atoms with Crippen LogP contribution in [0.5, 0.6) is 11.5 Å². The third-order valence-electron chi connectivity index (χ3n) is 4.35. The number of ether oxygens (including phenoxy) is 3. The van der Waals surface area contributed by atoms with Crippen LogP contribution < -0.4 is 14.6 Å². The molecule has 2 N–H and O–H groups in total. The highest BCUT2D eigenvalue weighted by Crippen LogP contribution is 2.48. The molecule has 1 unspecified atom stereocenters. The summed E-state index contributed by atoms with van der Waals surface area (Å²) in [5.41, 5.74) is 2.20. The molecule has 1 aliphatic heterocycles. The van der Waals surface area contributed by atoms with E-state index in [1.54, 1.807) is 37.4 Å². The van der Waals surface area contributed by atoms with Crippen molar-refractivity contribution in [3.8, 4) is 22.6 Å². The molecule has 1 heterocycles. The first kappa shape index (κ1) is 21.2. The molecule has 0 saturated heterocycles. The molecule has 0 radical (unpaired) electrons. The minimum atomic E-state index is -3.73. The summed E-state index contributed by atoms with van der Waals surface area (Å²) >= 11 is 0. The van der Waals surface area contributed by atoms with Gasteiger partial charge in [-0.25, -0.2) is 13.6 Å². The summed E-state index contributed by atoms with van der Waals surface area (Å²) in [4.78, 5) is 0. The fourth-order valence-electron chi connectivity index (χ4n) is 3.27. The van der Waals surface area contributed by atoms with Crippen LogP contribution in [0.1, 0.15) is 23.7 Å². The van der Waals surface area contributed by atoms with Gasteiger partial charge in [0.25, 0.3) is 0 Å². The molecule has 0 bridgehead atoms. The Balaban J connectivity index is 2.07. The van der Waals surface area contributed by atoms with Crippen molar-refractivity contribution in [2.45, 2.75) is 24.9 Å². The van der Waals surface area contributed by atoms with Crippen LogP contribution in [0.15, 0.2) is 48.6 Å². The quantitative estimate of drug-likeness (QED) is 0.651. The highest BCUT2D eigenvalue weighted by atomic mass is 32.2. The Kier molecular flexibility index (Phi) is 6.51. The van der Waals surface area contributed by atoms with Gasteiger partial charge in [-0.1, -0.05) is 36.4 Å². The molecule has 29 heavy (non-hydrogen) atoms. The first-order valence-corrected chi connectivity index (χ1v) is 10.5. The predicted molar refractivity (Wildman–Crippen MR) is 104 cm³/mol. The standard InChI is InChI=1S/C20H21F2NO5S/c1-26-10-3-2-5-16-15-11-13(12-29(23,24)25)8-9-14(15)19-17(27-16)6-4-7-18(19)28-20(21)22/h2-4,6-9,11,16,20H,5,10,12H2,1H3,(H2,23,24,25)/b3-2+. The van der Waals surface area contributed by atoms with Crippen molar-refractivity contribution in [3.63, 3.8) is 0 Å². The van der Waals surface area contributed by atoms with Gasteiger partial charge in [-0.05, 0) is 23.3 Å². The van der Waals surface area contributed by atoms with E-state index < -0.39 is 22.7 Å². The summed E-state index contributed by atoms with van der Waals surface area (Å²) in [5.74, 6) is 0.0699. The van der Waals surface area contributed by atoms with E-state index in [1.807, 2.05) is 12.2 Å². The van der Waals surface area contributed by atoms with Crippen molar-refractivity contribution in [1.82, 2.24) is 0 Å². The van der Waals surface area contributed by atoms with Crippen molar-refractivity contribution in [3.05, 3.63) is 59.7 Å². The van der Waals surface area contributed by atoms with Gasteiger partial charge in [-0.15, -0.1) is 0 Å². The molecule has 6 nitrogen and oxygen atoms in total. The lowest BCUT2D eigenvalue weighted by molar-refractivity contribution is -0.0496. The van der Waals surface area contributed by atoms with Gasteiger partial charge in [-0.2, -0.15) is 8.78 Å². The molecule has 0 spiro atoms. The zero-order chi connectivity index (χ0) is 21.0. The molecule has 2 aromatic rings. The van der Waals surface area contributed by atoms with Gasteiger partial charge in [0, 0.05) is 19.1 Å². The number of halogens is 2. The number of rotatable bonds is 8. The average molecular weight is 425 g/mol. The Morgan fingerprint density at radius 3 is 2.72 bits per heavy atom. The maximum atomic E-state index is 12.9. The zero-order valence-corrected chi connectivity index (χ0v) is 16.5. The first-order valence-electron chi connectivity index (χ1n) is 8.80. The number of methoxy groups -OCH3 is 1. The minimum Gasteiger partial charge on any atom is -0.485 e. The zero-order valence-electron chi connectivity index (χ0n) is 15.7. The van der Waals surface area contributed by atoms with Crippen molar-refractivity contribution in [2.24, 2.45) is 5.14 Å². The smallest absolute Gasteiger partial charge is 0.387 e. The molecule has 3 rings (SSSR count). The van der Waals surface area contributed by atoms with E-state index in [9.17, 15) is 17.2 Å². The average Bonchev–Trinajstić information content (AvgIpc) is 2.63. The molecular formula is C20H21F2NO5S. The maximum absolute atomic E-state index is 12.9. The first-order chi connectivity index (χ1) is 13.8. The van der Waals surface area contributed by atoms with Gasteiger partial charge in [0.2, 0.25) is 10.0 Å². The van der Waals surface area contributed by atoms with Crippen LogP contribution in [0.25, 0.3) is 11.1 Å². The largest absolute Gasteiger partial charge is 0.485 e. The Morgan fingerprint density at radius 2 is 2.03 bits per heavy atom. The van der Waals surface area contributed by atoms with Gasteiger partial charge < -0.3 is 14.2 Å². The Bertz CT molecular complexity index is 1010. The second-order valence-corrected chi connectivity index (χ2v) is 8.12. The maximum Gasteiger partial charge on any atom is 0.387 e. The summed E-state index contributed by atoms with van der Waals surface area (Å²) in [7, 11) is -2.14. The van der Waals surface area contributed by atoms with E-state index in [4.69, 9.17) is 14.6 Å². The fourth-order valence-corrected chi connectivity index (χ4v) is 3.92. The highest BCUT2D eigenvalue weighted by molar-refractivity contribution is 7.88. The molecule has 0 saturated carbocycles. The van der Waals surface area contributed by atoms with Crippen LogP contribution in [0.2, 0.25) is 0 Å². The summed E-state index contributed by atoms with van der Waals surface area (Å²) in [5, 5.41) is 5.16. The number of hydrogen-bond donors (Lipinski definition) is 1. The number of hydrogen-bond acceptors (Lipinski definition) is 5. The minimum absolute atomic E-state index is 0.00804. The second-order valence-electron chi connectivity index (χ2n) is 6.51. The van der Waals surface area contributed by atoms with Crippen LogP contribution in [0, 0.1) is 0 Å². The van der Waals surface area contributed by atoms with Crippen molar-refractivity contribution < 1.29 is 31.4 Å². The van der Waals surface area contributed by atoms with Crippen LogP contribution in [0.4, 0.5) is 8.78 Å². The summed E-state index contributed by atoms with van der Waals surface area (Å²) in [6.45, 7) is -2.55. The van der Waals surface area contributed by atoms with Crippen molar-refractivity contribution in [2.75, 3.05) is 13.7 Å². The number of primary sulfonamides is 1. The van der Waals surface area contributed by atoms with Crippen molar-refractivity contribution >= 4 is 10.0 Å². The van der Waals surface area contributed by atoms with Crippen LogP contribution in [-0.4, -0.2) is 28.7 Å². The third kappa shape index (κ3) is 5.31. The molecule has 1 aliphatic rings. The number of sulfonamides is 1. The molecule has 0 amide bonds. The van der Waals surface area contributed by atoms with Gasteiger partial charge in [0.05, 0.1) is 17.9 Å². The Labute approximate surface area is 167 Å². The van der Waals surface area contributed by atoms with E-state index >= 15 is 0 Å². The molecule has 156 valence electrons. The summed E-state index contributed by atoms with van der Waals surface area (Å²) < 4.78 is 64.4. The van der Waals surface area contributed by atoms with Gasteiger partial charge in [0.15, 0.2) is 0 Å². The van der Waals surface area contributed by atoms with Gasteiger partial charge >= 0.3 is 6.61 Å². The lowest BCUT2D eigenvalue weighted by Crippen LogP contribution is -2.17. The van der Waals surface area contributed by atoms with E-state index in [0.717, 1.165) is 0 Å². The van der Waals surface area contributed by atoms with Crippen molar-refractivity contribution in [1.29, 1.82) is 0 Å². The highest BCUT2D eigenvalue weighted by Gasteiger charge is 2.29. The van der Waals surface area contributed by atoms with Crippen LogP contribution in [0.3, 0.4) is 0 Å². The molecule has 1 atom stereocenters. The van der Waals surface area contributed by atoms with Gasteiger partial charge in [-0.3, -0.25) is 0 Å². The third-order valence-corrected chi connectivity index (χ3v) is 5.09. The molecule has 0 aliphatic carbocycles. The van der Waals surface area contributed by atoms with E-state index in [2.05, 4.69) is 4.74 Å². The number of nitrogens with two attached hydrogens (primary N) is 1. The number of alkyl halides is 2. The van der Waals surface area contributed by atoms with Crippen LogP contribution in [-0.2, 0) is 20.5 Å². The Hall–Kier alpha value is -2.49. The molecule has 0 aromatic heterocycles. The molecule has 9 heteroatoms. The number of fused-ring (bicyclic) bond motifs is 3. The lowest BCUT2D eigenvalue weighted by atomic mass is 9.89. The van der Waals surface area contributed by atoms with E-state index in [1.165, 1.54) is 6.07 Å². The SMILES string of the molecule is COC/C=C/CC1Oc2cccc(OC(F)F)c2-c2ccc(CS(N)(=O)=O)cc21. The van der Waals surface area contributed by atoms with E-state index in [-0.39, 0.29) is 11.5 Å². The van der Waals surface area contributed by atoms with E-state index in [0.29, 0.717) is 41.0 Å². The number of benzene rings is 2. The molecular weight excluding hydrogens is 404 g/mol. The Morgan fingerprint density at radius 1 is 1.24 bits per heavy atom. The molecule has 2 aromatic carbocycles. The monoisotopic (exact) mass is 425 g/mol. The normalized spacial score (nSPS) is 15.8. The molecule has 0 fully saturated rings. The predicted octanol–water partition coefficient (Wildman–Crippen LogP) is 3.77. The van der Waals surface area contributed by atoms with Gasteiger partial charge in [0.1, 0.15) is 17.6 Å². The topological polar surface area (TPSA) is 87.8 Å². The van der Waals surface area contributed by atoms with Crippen LogP contribution >= 0.6 is 0 Å². The lowest BCUT2D eigenvalue weighted by Gasteiger charge is -2.30. The summed E-state index contributed by atoms with van der Waals surface area (Å²) in [6.07, 6.45) is 3.76. The fraction of sp³-hybridized carbons (Fsp3) is 0.300. The summed E-state index contributed by atoms with van der Waals surface area (Å²) in [6, 6.07) is 9.66.